The van der Waals surface area contributed by atoms with Crippen LogP contribution in [0.5, 0.6) is 0 Å². The zero-order valence-corrected chi connectivity index (χ0v) is 12.5. The molecule has 0 bridgehead atoms. The van der Waals surface area contributed by atoms with E-state index in [9.17, 15) is 18.8 Å². The van der Waals surface area contributed by atoms with Crippen LogP contribution in [0.25, 0.3) is 0 Å². The molecule has 2 rings (SSSR count). The number of benzene rings is 1. The molecule has 1 aliphatic heterocycles. The predicted octanol–water partition coefficient (Wildman–Crippen LogP) is 1.08. The molecule has 0 radical (unpaired) electrons. The summed E-state index contributed by atoms with van der Waals surface area (Å²) in [5.74, 6) is -1.18. The van der Waals surface area contributed by atoms with Crippen LogP contribution in [0.15, 0.2) is 18.2 Å². The highest BCUT2D eigenvalue weighted by Crippen LogP contribution is 2.19. The van der Waals surface area contributed by atoms with Gasteiger partial charge in [-0.25, -0.2) is 9.18 Å². The summed E-state index contributed by atoms with van der Waals surface area (Å²) in [7, 11) is 0. The largest absolute Gasteiger partial charge is 0.356 e. The molecule has 0 aromatic heterocycles. The second-order valence-electron chi connectivity index (χ2n) is 4.78. The molecule has 1 saturated heterocycles. The van der Waals surface area contributed by atoms with E-state index in [1.54, 1.807) is 0 Å². The molecule has 1 aromatic carbocycles. The molecule has 8 heteroatoms. The molecule has 4 amide bonds. The summed E-state index contributed by atoms with van der Waals surface area (Å²) < 4.78 is 13.5. The number of hydrogen-bond acceptors (Lipinski definition) is 3. The molecule has 118 valence electrons. The van der Waals surface area contributed by atoms with Crippen LogP contribution in [-0.2, 0) is 16.0 Å². The van der Waals surface area contributed by atoms with Crippen molar-refractivity contribution in [3.8, 4) is 0 Å². The number of rotatable bonds is 6. The van der Waals surface area contributed by atoms with Gasteiger partial charge in [-0.15, -0.1) is 0 Å². The zero-order chi connectivity index (χ0) is 16.1. The zero-order valence-electron chi connectivity index (χ0n) is 11.7. The number of imide groups is 1. The van der Waals surface area contributed by atoms with Gasteiger partial charge in [-0.2, -0.15) is 0 Å². The van der Waals surface area contributed by atoms with E-state index in [0.717, 1.165) is 4.90 Å². The molecule has 0 saturated carbocycles. The van der Waals surface area contributed by atoms with Gasteiger partial charge in [0.15, 0.2) is 0 Å². The maximum Gasteiger partial charge on any atom is 0.324 e. The van der Waals surface area contributed by atoms with E-state index in [1.807, 2.05) is 0 Å². The lowest BCUT2D eigenvalue weighted by atomic mass is 10.1. The third kappa shape index (κ3) is 3.94. The van der Waals surface area contributed by atoms with Gasteiger partial charge in [0.1, 0.15) is 5.82 Å². The Morgan fingerprint density at radius 3 is 2.82 bits per heavy atom. The fourth-order valence-corrected chi connectivity index (χ4v) is 2.30. The van der Waals surface area contributed by atoms with Gasteiger partial charge in [0.05, 0.1) is 13.0 Å². The Kier molecular flexibility index (Phi) is 5.32. The SMILES string of the molecule is O=C(Cc1c(F)cccc1Cl)NCCCN1C(=O)CNC1=O. The van der Waals surface area contributed by atoms with Crippen LogP contribution in [0.4, 0.5) is 9.18 Å². The van der Waals surface area contributed by atoms with Crippen molar-refractivity contribution < 1.29 is 18.8 Å². The first-order valence-electron chi connectivity index (χ1n) is 6.77. The molecular formula is C14H15ClFN3O3. The molecule has 2 N–H and O–H groups in total. The Morgan fingerprint density at radius 1 is 1.41 bits per heavy atom. The smallest absolute Gasteiger partial charge is 0.324 e. The first-order chi connectivity index (χ1) is 10.5. The maximum absolute atomic E-state index is 13.5. The van der Waals surface area contributed by atoms with Gasteiger partial charge in [-0.1, -0.05) is 17.7 Å². The highest BCUT2D eigenvalue weighted by atomic mass is 35.5. The molecule has 6 nitrogen and oxygen atoms in total. The fourth-order valence-electron chi connectivity index (χ4n) is 2.07. The minimum absolute atomic E-state index is 0.0109. The summed E-state index contributed by atoms with van der Waals surface area (Å²) in [6.07, 6.45) is 0.268. The summed E-state index contributed by atoms with van der Waals surface area (Å²) >= 11 is 5.84. The van der Waals surface area contributed by atoms with Crippen molar-refractivity contribution in [2.45, 2.75) is 12.8 Å². The van der Waals surface area contributed by atoms with Crippen LogP contribution in [0.1, 0.15) is 12.0 Å². The molecule has 1 aliphatic rings. The van der Waals surface area contributed by atoms with Crippen molar-refractivity contribution in [3.05, 3.63) is 34.6 Å². The van der Waals surface area contributed by atoms with E-state index in [0.29, 0.717) is 6.42 Å². The second kappa shape index (κ2) is 7.22. The number of halogens is 2. The number of urea groups is 1. The third-order valence-corrected chi connectivity index (χ3v) is 3.57. The first kappa shape index (κ1) is 16.2. The number of nitrogens with zero attached hydrogens (tertiary/aromatic N) is 1. The summed E-state index contributed by atoms with van der Waals surface area (Å²) in [5, 5.41) is 5.22. The molecule has 22 heavy (non-hydrogen) atoms. The van der Waals surface area contributed by atoms with Crippen molar-refractivity contribution in [2.75, 3.05) is 19.6 Å². The highest BCUT2D eigenvalue weighted by Gasteiger charge is 2.27. The van der Waals surface area contributed by atoms with Crippen LogP contribution in [0.3, 0.4) is 0 Å². The van der Waals surface area contributed by atoms with E-state index >= 15 is 0 Å². The van der Waals surface area contributed by atoms with E-state index < -0.39 is 11.8 Å². The molecule has 0 atom stereocenters. The fraction of sp³-hybridized carbons (Fsp3) is 0.357. The Bertz CT molecular complexity index is 573. The highest BCUT2D eigenvalue weighted by molar-refractivity contribution is 6.31. The summed E-state index contributed by atoms with van der Waals surface area (Å²) in [6.45, 7) is 0.518. The molecule has 0 unspecified atom stereocenters. The second-order valence-corrected chi connectivity index (χ2v) is 5.19. The van der Waals surface area contributed by atoms with Crippen LogP contribution < -0.4 is 10.6 Å². The predicted molar refractivity (Wildman–Crippen MR) is 77.9 cm³/mol. The van der Waals surface area contributed by atoms with Crippen LogP contribution >= 0.6 is 11.6 Å². The van der Waals surface area contributed by atoms with E-state index in [-0.39, 0.29) is 48.5 Å². The summed E-state index contributed by atoms with van der Waals surface area (Å²) in [4.78, 5) is 35.4. The van der Waals surface area contributed by atoms with Gasteiger partial charge in [-0.05, 0) is 18.6 Å². The monoisotopic (exact) mass is 327 g/mol. The number of nitrogens with one attached hydrogen (secondary N) is 2. The Hall–Kier alpha value is -2.15. The van der Waals surface area contributed by atoms with Crippen molar-refractivity contribution in [1.82, 2.24) is 15.5 Å². The summed E-state index contributed by atoms with van der Waals surface area (Å²) in [5.41, 5.74) is 0.149. The van der Waals surface area contributed by atoms with Crippen molar-refractivity contribution in [1.29, 1.82) is 0 Å². The number of carbonyl (C=O) groups is 3. The van der Waals surface area contributed by atoms with E-state index in [2.05, 4.69) is 10.6 Å². The van der Waals surface area contributed by atoms with Gasteiger partial charge in [0.25, 0.3) is 0 Å². The third-order valence-electron chi connectivity index (χ3n) is 3.22. The standard InChI is InChI=1S/C14H15ClFN3O3/c15-10-3-1-4-11(16)9(10)7-12(20)17-5-2-6-19-13(21)8-18-14(19)22/h1,3-4H,2,5-8H2,(H,17,20)(H,18,22). The lowest BCUT2D eigenvalue weighted by molar-refractivity contribution is -0.125. The molecule has 0 aliphatic carbocycles. The van der Waals surface area contributed by atoms with Crippen LogP contribution in [0.2, 0.25) is 5.02 Å². The number of amides is 4. The normalized spacial score (nSPS) is 14.2. The Morgan fingerprint density at radius 2 is 2.18 bits per heavy atom. The number of hydrogen-bond donors (Lipinski definition) is 2. The average Bonchev–Trinajstić information content (AvgIpc) is 2.79. The van der Waals surface area contributed by atoms with E-state index in [1.165, 1.54) is 18.2 Å². The van der Waals surface area contributed by atoms with Crippen molar-refractivity contribution in [3.63, 3.8) is 0 Å². The van der Waals surface area contributed by atoms with Crippen LogP contribution in [0, 0.1) is 5.82 Å². The van der Waals surface area contributed by atoms with E-state index in [4.69, 9.17) is 11.6 Å². The van der Waals surface area contributed by atoms with Crippen molar-refractivity contribution >= 4 is 29.4 Å². The molecule has 0 spiro atoms. The number of carbonyl (C=O) groups excluding carboxylic acids is 3. The molecular weight excluding hydrogens is 313 g/mol. The van der Waals surface area contributed by atoms with Gasteiger partial charge in [0.2, 0.25) is 11.8 Å². The van der Waals surface area contributed by atoms with Gasteiger partial charge in [-0.3, -0.25) is 14.5 Å². The topological polar surface area (TPSA) is 78.5 Å². The minimum atomic E-state index is -0.526. The maximum atomic E-state index is 13.5. The first-order valence-corrected chi connectivity index (χ1v) is 7.14. The lowest BCUT2D eigenvalue weighted by Crippen LogP contribution is -2.34. The minimum Gasteiger partial charge on any atom is -0.356 e. The van der Waals surface area contributed by atoms with Gasteiger partial charge < -0.3 is 10.6 Å². The lowest BCUT2D eigenvalue weighted by Gasteiger charge is -2.12. The van der Waals surface area contributed by atoms with Crippen LogP contribution in [-0.4, -0.2) is 42.4 Å². The quantitative estimate of drug-likeness (QED) is 0.606. The Balaban J connectivity index is 1.74. The molecule has 1 heterocycles. The summed E-state index contributed by atoms with van der Waals surface area (Å²) in [6, 6.07) is 3.81. The average molecular weight is 328 g/mol. The van der Waals surface area contributed by atoms with Gasteiger partial charge in [0, 0.05) is 23.7 Å². The molecule has 1 aromatic rings. The Labute approximate surface area is 131 Å². The van der Waals surface area contributed by atoms with Gasteiger partial charge >= 0.3 is 6.03 Å². The molecule has 1 fully saturated rings. The van der Waals surface area contributed by atoms with Crippen molar-refractivity contribution in [2.24, 2.45) is 0 Å².